The number of aliphatic hydroxyl groups is 2. The minimum absolute atomic E-state index is 0.188. The highest BCUT2D eigenvalue weighted by molar-refractivity contribution is 7.46. The number of aryl methyl sites for hydroxylation is 1. The van der Waals surface area contributed by atoms with E-state index in [-0.39, 0.29) is 12.0 Å². The van der Waals surface area contributed by atoms with Gasteiger partial charge in [-0.15, -0.1) is 0 Å². The van der Waals surface area contributed by atoms with Gasteiger partial charge < -0.3 is 24.7 Å². The summed E-state index contributed by atoms with van der Waals surface area (Å²) in [5.41, 5.74) is -2.72. The number of H-pyrrole nitrogens is 1. The van der Waals surface area contributed by atoms with Crippen LogP contribution in [0.3, 0.4) is 0 Å². The number of hydrogen-bond acceptors (Lipinski definition) is 7. The molecule has 5 N–H and O–H groups in total. The maximum absolute atomic E-state index is 11.9. The number of ether oxygens (including phenoxy) is 1. The molecule has 3 atom stereocenters. The van der Waals surface area contributed by atoms with Gasteiger partial charge in [0.15, 0.2) is 6.23 Å². The van der Waals surface area contributed by atoms with Crippen LogP contribution >= 0.6 is 7.82 Å². The molecular weight excluding hydrogens is 359 g/mol. The monoisotopic (exact) mass is 382 g/mol. The third-order valence-corrected chi connectivity index (χ3v) is 4.15. The molecule has 0 saturated carbocycles. The van der Waals surface area contributed by atoms with E-state index in [2.05, 4.69) is 4.52 Å². The van der Waals surface area contributed by atoms with Crippen LogP contribution in [0.15, 0.2) is 15.8 Å². The molecule has 1 aromatic rings. The number of nitrogens with one attached hydrogen (secondary N) is 1. The van der Waals surface area contributed by atoms with Crippen LogP contribution in [0.25, 0.3) is 0 Å². The van der Waals surface area contributed by atoms with Crippen molar-refractivity contribution in [2.45, 2.75) is 51.2 Å². The average Bonchev–Trinajstić information content (AvgIpc) is 2.41. The van der Waals surface area contributed by atoms with Crippen molar-refractivity contribution in [3.63, 3.8) is 0 Å². The predicted molar refractivity (Wildman–Crippen MR) is 85.9 cm³/mol. The summed E-state index contributed by atoms with van der Waals surface area (Å²) in [6, 6.07) is 0. The number of rotatable bonds is 8. The van der Waals surface area contributed by atoms with E-state index < -0.39 is 43.1 Å². The van der Waals surface area contributed by atoms with E-state index in [0.717, 1.165) is 4.57 Å². The Balaban J connectivity index is 3.04. The summed E-state index contributed by atoms with van der Waals surface area (Å²) < 4.78 is 21.5. The topological polar surface area (TPSA) is 171 Å². The molecule has 1 heterocycles. The minimum Gasteiger partial charge on any atom is -0.390 e. The Morgan fingerprint density at radius 2 is 1.88 bits per heavy atom. The molecule has 12 heteroatoms. The highest BCUT2D eigenvalue weighted by Gasteiger charge is 2.36. The van der Waals surface area contributed by atoms with Gasteiger partial charge in [0.05, 0.1) is 11.7 Å². The molecule has 0 aliphatic carbocycles. The van der Waals surface area contributed by atoms with Crippen LogP contribution < -0.4 is 11.2 Å². The summed E-state index contributed by atoms with van der Waals surface area (Å²) in [7, 11) is -3.62. The molecule has 1 rings (SSSR count). The summed E-state index contributed by atoms with van der Waals surface area (Å²) in [5, 5.41) is 20.5. The normalized spacial score (nSPS) is 16.5. The Morgan fingerprint density at radius 1 is 1.32 bits per heavy atom. The highest BCUT2D eigenvalue weighted by atomic mass is 31.2. The van der Waals surface area contributed by atoms with Crippen LogP contribution in [0.2, 0.25) is 0 Å². The zero-order chi connectivity index (χ0) is 19.6. The van der Waals surface area contributed by atoms with Gasteiger partial charge in [-0.25, -0.2) is 9.36 Å². The number of aromatic amines is 1. The van der Waals surface area contributed by atoms with Gasteiger partial charge in [-0.1, -0.05) is 0 Å². The number of hydrogen-bond donors (Lipinski definition) is 5. The lowest BCUT2D eigenvalue weighted by Gasteiger charge is -2.32. The minimum atomic E-state index is -4.80. The lowest BCUT2D eigenvalue weighted by molar-refractivity contribution is -0.125. The fourth-order valence-electron chi connectivity index (χ4n) is 2.37. The smallest absolute Gasteiger partial charge is 0.390 e. The Morgan fingerprint density at radius 3 is 2.36 bits per heavy atom. The van der Waals surface area contributed by atoms with Crippen molar-refractivity contribution in [3.05, 3.63) is 32.6 Å². The Bertz CT molecular complexity index is 751. The second kappa shape index (κ2) is 7.92. The van der Waals surface area contributed by atoms with E-state index in [9.17, 15) is 24.4 Å². The number of methoxy groups -OCH3 is 1. The van der Waals surface area contributed by atoms with E-state index in [4.69, 9.17) is 14.5 Å². The van der Waals surface area contributed by atoms with Gasteiger partial charge in [0.25, 0.3) is 5.56 Å². The standard InChI is InChI=1S/C13H23N2O9P/c1-7-6-15(12(19)14-10(7)18)11(23-4)9(17)8(16)5-13(2,3)24-25(20,21)22/h6,8-9,11,16-17H,5H2,1-4H3,(H,14,18,19)(H2,20,21,22)/t8-,9-,11-/m1/s1. The summed E-state index contributed by atoms with van der Waals surface area (Å²) in [5.74, 6) is 0. The molecule has 25 heavy (non-hydrogen) atoms. The first-order valence-corrected chi connectivity index (χ1v) is 8.78. The van der Waals surface area contributed by atoms with Crippen LogP contribution in [-0.2, 0) is 13.8 Å². The number of phosphoric ester groups is 1. The first-order chi connectivity index (χ1) is 11.3. The first kappa shape index (κ1) is 21.7. The van der Waals surface area contributed by atoms with Crippen molar-refractivity contribution in [3.8, 4) is 0 Å². The van der Waals surface area contributed by atoms with Crippen molar-refractivity contribution < 1.29 is 33.8 Å². The van der Waals surface area contributed by atoms with E-state index in [0.29, 0.717) is 0 Å². The first-order valence-electron chi connectivity index (χ1n) is 7.25. The van der Waals surface area contributed by atoms with Crippen LogP contribution in [0, 0.1) is 6.92 Å². The fourth-order valence-corrected chi connectivity index (χ4v) is 3.08. The maximum Gasteiger partial charge on any atom is 0.470 e. The predicted octanol–water partition coefficient (Wildman–Crippen LogP) is -1.01. The van der Waals surface area contributed by atoms with Gasteiger partial charge in [-0.3, -0.25) is 18.9 Å². The van der Waals surface area contributed by atoms with Gasteiger partial charge in [0, 0.05) is 25.3 Å². The van der Waals surface area contributed by atoms with Crippen LogP contribution in [0.1, 0.15) is 32.1 Å². The lowest BCUT2D eigenvalue weighted by atomic mass is 9.97. The average molecular weight is 382 g/mol. The summed E-state index contributed by atoms with van der Waals surface area (Å²) in [4.78, 5) is 43.1. The van der Waals surface area contributed by atoms with E-state index in [1.807, 2.05) is 4.98 Å². The zero-order valence-electron chi connectivity index (χ0n) is 14.2. The molecule has 0 amide bonds. The number of phosphoric acid groups is 1. The fraction of sp³-hybridized carbons (Fsp3) is 0.692. The van der Waals surface area contributed by atoms with Gasteiger partial charge in [0.2, 0.25) is 0 Å². The summed E-state index contributed by atoms with van der Waals surface area (Å²) in [6.07, 6.45) is -3.74. The van der Waals surface area contributed by atoms with E-state index in [1.54, 1.807) is 0 Å². The number of aromatic nitrogens is 2. The quantitative estimate of drug-likeness (QED) is 0.353. The molecule has 11 nitrogen and oxygen atoms in total. The van der Waals surface area contributed by atoms with Crippen molar-refractivity contribution >= 4 is 7.82 Å². The van der Waals surface area contributed by atoms with Crippen molar-refractivity contribution in [1.82, 2.24) is 9.55 Å². The van der Waals surface area contributed by atoms with Gasteiger partial charge in [-0.2, -0.15) is 0 Å². The third-order valence-electron chi connectivity index (χ3n) is 3.41. The molecule has 0 saturated heterocycles. The molecule has 1 aromatic heterocycles. The largest absolute Gasteiger partial charge is 0.470 e. The summed E-state index contributed by atoms with van der Waals surface area (Å²) in [6.45, 7) is 4.08. The van der Waals surface area contributed by atoms with Gasteiger partial charge in [0.1, 0.15) is 6.10 Å². The molecule has 0 bridgehead atoms. The second-order valence-electron chi connectivity index (χ2n) is 6.21. The van der Waals surface area contributed by atoms with Gasteiger partial charge in [-0.05, 0) is 20.8 Å². The SMILES string of the molecule is CO[C@H]([C@H](O)[C@H](O)CC(C)(C)OP(=O)(O)O)n1cc(C)c(=O)[nH]c1=O. The lowest BCUT2D eigenvalue weighted by Crippen LogP contribution is -2.45. The molecule has 0 aromatic carbocycles. The molecule has 0 fully saturated rings. The number of aliphatic hydroxyl groups excluding tert-OH is 2. The summed E-state index contributed by atoms with van der Waals surface area (Å²) >= 11 is 0. The molecular formula is C13H23N2O9P. The molecule has 144 valence electrons. The van der Waals surface area contributed by atoms with Crippen molar-refractivity contribution in [2.24, 2.45) is 0 Å². The van der Waals surface area contributed by atoms with Crippen LogP contribution in [0.5, 0.6) is 0 Å². The Kier molecular flexibility index (Phi) is 6.88. The maximum atomic E-state index is 11.9. The second-order valence-corrected chi connectivity index (χ2v) is 7.37. The van der Waals surface area contributed by atoms with Crippen LogP contribution in [-0.4, -0.2) is 54.5 Å². The van der Waals surface area contributed by atoms with Crippen molar-refractivity contribution in [2.75, 3.05) is 7.11 Å². The van der Waals surface area contributed by atoms with Crippen molar-refractivity contribution in [1.29, 1.82) is 0 Å². The molecule has 0 aliphatic heterocycles. The Hall–Kier alpha value is -1.33. The molecule has 0 aliphatic rings. The Labute approximate surface area is 143 Å². The van der Waals surface area contributed by atoms with E-state index in [1.165, 1.54) is 34.1 Å². The number of nitrogens with zero attached hydrogens (tertiary/aromatic N) is 1. The zero-order valence-corrected chi connectivity index (χ0v) is 15.1. The highest BCUT2D eigenvalue weighted by Crippen LogP contribution is 2.43. The van der Waals surface area contributed by atoms with Gasteiger partial charge >= 0.3 is 13.5 Å². The molecule has 0 radical (unpaired) electrons. The third kappa shape index (κ3) is 6.15. The van der Waals surface area contributed by atoms with E-state index >= 15 is 0 Å². The molecule has 0 spiro atoms. The van der Waals surface area contributed by atoms with Crippen LogP contribution in [0.4, 0.5) is 0 Å². The molecule has 0 unspecified atom stereocenters.